The standard InChI is InChI=1S/C26H18ClN3O/c1-16-25(23(31)13-14-24-29-20-9-5-6-10-21(20)30-24)26(17-7-3-2-4-8-17)19-12-11-18(27)15-22(19)28-16/h2-15H,1H3,(H,29,30)/b14-13+. The number of aryl methyl sites for hydroxylation is 1. The van der Waals surface area contributed by atoms with Crippen LogP contribution >= 0.6 is 11.6 Å². The van der Waals surface area contributed by atoms with E-state index in [1.807, 2.05) is 79.7 Å². The maximum atomic E-state index is 13.4. The molecule has 3 aromatic carbocycles. The summed E-state index contributed by atoms with van der Waals surface area (Å²) < 4.78 is 0. The summed E-state index contributed by atoms with van der Waals surface area (Å²) in [7, 11) is 0. The van der Waals surface area contributed by atoms with Crippen LogP contribution in [0.1, 0.15) is 21.9 Å². The molecule has 0 aliphatic rings. The number of hydrogen-bond donors (Lipinski definition) is 1. The number of halogens is 1. The summed E-state index contributed by atoms with van der Waals surface area (Å²) in [4.78, 5) is 25.8. The highest BCUT2D eigenvalue weighted by Crippen LogP contribution is 2.34. The van der Waals surface area contributed by atoms with E-state index in [2.05, 4.69) is 15.0 Å². The van der Waals surface area contributed by atoms with Crippen LogP contribution in [0.5, 0.6) is 0 Å². The number of carbonyl (C=O) groups excluding carboxylic acids is 1. The first-order valence-corrected chi connectivity index (χ1v) is 10.3. The van der Waals surface area contributed by atoms with Crippen molar-refractivity contribution >= 4 is 45.4 Å². The number of aromatic amines is 1. The van der Waals surface area contributed by atoms with Crippen molar-refractivity contribution in [2.75, 3.05) is 0 Å². The van der Waals surface area contributed by atoms with Gasteiger partial charge in [-0.2, -0.15) is 0 Å². The normalized spacial score (nSPS) is 11.5. The molecule has 2 aromatic heterocycles. The Balaban J connectivity index is 1.65. The van der Waals surface area contributed by atoms with E-state index < -0.39 is 0 Å². The minimum atomic E-state index is -0.124. The molecule has 0 saturated carbocycles. The molecule has 0 bridgehead atoms. The van der Waals surface area contributed by atoms with Crippen molar-refractivity contribution in [3.63, 3.8) is 0 Å². The van der Waals surface area contributed by atoms with E-state index in [0.29, 0.717) is 22.1 Å². The molecule has 0 saturated heterocycles. The Morgan fingerprint density at radius 2 is 1.71 bits per heavy atom. The van der Waals surface area contributed by atoms with Crippen LogP contribution in [0.2, 0.25) is 5.02 Å². The quantitative estimate of drug-likeness (QED) is 0.260. The van der Waals surface area contributed by atoms with Crippen LogP contribution in [0.4, 0.5) is 0 Å². The van der Waals surface area contributed by atoms with E-state index in [-0.39, 0.29) is 5.78 Å². The number of allylic oxidation sites excluding steroid dienone is 1. The number of aromatic nitrogens is 3. The van der Waals surface area contributed by atoms with Gasteiger partial charge in [0.2, 0.25) is 0 Å². The number of imidazole rings is 1. The molecule has 150 valence electrons. The van der Waals surface area contributed by atoms with Gasteiger partial charge >= 0.3 is 0 Å². The lowest BCUT2D eigenvalue weighted by Crippen LogP contribution is -2.05. The molecule has 0 amide bonds. The Bertz CT molecular complexity index is 1440. The Kier molecular flexibility index (Phi) is 4.85. The van der Waals surface area contributed by atoms with Crippen LogP contribution in [0.25, 0.3) is 39.1 Å². The third-order valence-electron chi connectivity index (χ3n) is 5.24. The zero-order valence-corrected chi connectivity index (χ0v) is 17.5. The Morgan fingerprint density at radius 1 is 0.935 bits per heavy atom. The number of ketones is 1. The molecule has 0 aliphatic heterocycles. The molecule has 0 radical (unpaired) electrons. The van der Waals surface area contributed by atoms with E-state index in [0.717, 1.165) is 33.1 Å². The summed E-state index contributed by atoms with van der Waals surface area (Å²) in [5.74, 6) is 0.509. The second kappa shape index (κ2) is 7.82. The minimum absolute atomic E-state index is 0.124. The molecule has 5 aromatic rings. The molecule has 0 atom stereocenters. The molecule has 5 heteroatoms. The lowest BCUT2D eigenvalue weighted by Gasteiger charge is -2.14. The summed E-state index contributed by atoms with van der Waals surface area (Å²) >= 11 is 6.19. The second-order valence-electron chi connectivity index (χ2n) is 7.31. The summed E-state index contributed by atoms with van der Waals surface area (Å²) in [6.07, 6.45) is 3.26. The van der Waals surface area contributed by atoms with Crippen molar-refractivity contribution < 1.29 is 4.79 Å². The average molecular weight is 424 g/mol. The fourth-order valence-corrected chi connectivity index (χ4v) is 4.02. The Morgan fingerprint density at radius 3 is 2.52 bits per heavy atom. The minimum Gasteiger partial charge on any atom is -0.338 e. The summed E-state index contributed by atoms with van der Waals surface area (Å²) in [6.45, 7) is 1.86. The number of rotatable bonds is 4. The van der Waals surface area contributed by atoms with E-state index in [1.54, 1.807) is 12.2 Å². The SMILES string of the molecule is Cc1nc2cc(Cl)ccc2c(-c2ccccc2)c1C(=O)/C=C/c1nc2ccccc2[nH]1. The largest absolute Gasteiger partial charge is 0.338 e. The predicted octanol–water partition coefficient (Wildman–Crippen LogP) is 6.64. The van der Waals surface area contributed by atoms with Gasteiger partial charge in [0.05, 0.1) is 22.1 Å². The number of H-pyrrole nitrogens is 1. The molecule has 0 aliphatic carbocycles. The first kappa shape index (κ1) is 19.2. The van der Waals surface area contributed by atoms with Gasteiger partial charge in [0.25, 0.3) is 0 Å². The Hall–Kier alpha value is -3.76. The number of nitrogens with one attached hydrogen (secondary N) is 1. The van der Waals surface area contributed by atoms with Gasteiger partial charge < -0.3 is 4.98 Å². The second-order valence-corrected chi connectivity index (χ2v) is 7.75. The summed E-state index contributed by atoms with van der Waals surface area (Å²) in [5.41, 5.74) is 5.61. The Labute approximate surface area is 184 Å². The molecule has 4 nitrogen and oxygen atoms in total. The molecule has 31 heavy (non-hydrogen) atoms. The smallest absolute Gasteiger partial charge is 0.188 e. The monoisotopic (exact) mass is 423 g/mol. The number of hydrogen-bond acceptors (Lipinski definition) is 3. The maximum Gasteiger partial charge on any atom is 0.188 e. The summed E-state index contributed by atoms with van der Waals surface area (Å²) in [5, 5.41) is 1.50. The van der Waals surface area contributed by atoms with Crippen LogP contribution in [-0.2, 0) is 0 Å². The molecule has 5 rings (SSSR count). The van der Waals surface area contributed by atoms with Crippen molar-refractivity contribution in [2.24, 2.45) is 0 Å². The lowest BCUT2D eigenvalue weighted by molar-refractivity contribution is 0.104. The number of fused-ring (bicyclic) bond motifs is 2. The van der Waals surface area contributed by atoms with Crippen LogP contribution in [-0.4, -0.2) is 20.7 Å². The van der Waals surface area contributed by atoms with E-state index in [4.69, 9.17) is 11.6 Å². The zero-order chi connectivity index (χ0) is 21.4. The van der Waals surface area contributed by atoms with E-state index in [1.165, 1.54) is 0 Å². The van der Waals surface area contributed by atoms with Crippen molar-refractivity contribution in [3.8, 4) is 11.1 Å². The van der Waals surface area contributed by atoms with Gasteiger partial charge in [-0.05, 0) is 48.9 Å². The predicted molar refractivity (Wildman–Crippen MR) is 126 cm³/mol. The number of carbonyl (C=O) groups is 1. The average Bonchev–Trinajstić information content (AvgIpc) is 3.20. The molecule has 0 fully saturated rings. The maximum absolute atomic E-state index is 13.4. The fraction of sp³-hybridized carbons (Fsp3) is 0.0385. The van der Waals surface area contributed by atoms with E-state index in [9.17, 15) is 4.79 Å². The van der Waals surface area contributed by atoms with Crippen LogP contribution in [0.15, 0.2) is 78.9 Å². The topological polar surface area (TPSA) is 58.6 Å². The molecule has 2 heterocycles. The van der Waals surface area contributed by atoms with Crippen molar-refractivity contribution in [1.29, 1.82) is 0 Å². The van der Waals surface area contributed by atoms with Crippen molar-refractivity contribution in [1.82, 2.24) is 15.0 Å². The third-order valence-corrected chi connectivity index (χ3v) is 5.47. The summed E-state index contributed by atoms with van der Waals surface area (Å²) in [6, 6.07) is 23.2. The van der Waals surface area contributed by atoms with Crippen LogP contribution < -0.4 is 0 Å². The number of para-hydroxylation sites is 2. The number of benzene rings is 3. The number of pyridine rings is 1. The van der Waals surface area contributed by atoms with Crippen LogP contribution in [0.3, 0.4) is 0 Å². The van der Waals surface area contributed by atoms with Crippen LogP contribution in [0, 0.1) is 6.92 Å². The fourth-order valence-electron chi connectivity index (χ4n) is 3.86. The number of nitrogens with zero attached hydrogens (tertiary/aromatic N) is 2. The highest BCUT2D eigenvalue weighted by molar-refractivity contribution is 6.31. The highest BCUT2D eigenvalue weighted by Gasteiger charge is 2.19. The van der Waals surface area contributed by atoms with Crippen molar-refractivity contribution in [2.45, 2.75) is 6.92 Å². The van der Waals surface area contributed by atoms with Gasteiger partial charge in [0.1, 0.15) is 5.82 Å². The zero-order valence-electron chi connectivity index (χ0n) is 16.8. The molecule has 0 unspecified atom stereocenters. The van der Waals surface area contributed by atoms with Gasteiger partial charge in [-0.1, -0.05) is 60.1 Å². The molecular formula is C26H18ClN3O. The lowest BCUT2D eigenvalue weighted by atomic mass is 9.92. The molecule has 1 N–H and O–H groups in total. The highest BCUT2D eigenvalue weighted by atomic mass is 35.5. The first-order valence-electron chi connectivity index (χ1n) is 9.92. The first-order chi connectivity index (χ1) is 15.1. The van der Waals surface area contributed by atoms with Crippen molar-refractivity contribution in [3.05, 3.63) is 101 Å². The molecular weight excluding hydrogens is 406 g/mol. The van der Waals surface area contributed by atoms with E-state index >= 15 is 0 Å². The van der Waals surface area contributed by atoms with Gasteiger partial charge in [-0.3, -0.25) is 9.78 Å². The van der Waals surface area contributed by atoms with Gasteiger partial charge in [0.15, 0.2) is 5.78 Å². The third kappa shape index (κ3) is 3.62. The molecule has 0 spiro atoms. The van der Waals surface area contributed by atoms with Gasteiger partial charge in [0, 0.05) is 21.7 Å². The van der Waals surface area contributed by atoms with Gasteiger partial charge in [-0.25, -0.2) is 4.98 Å². The van der Waals surface area contributed by atoms with Gasteiger partial charge in [-0.15, -0.1) is 0 Å².